The van der Waals surface area contributed by atoms with Gasteiger partial charge < -0.3 is 28.6 Å². The maximum absolute atomic E-state index is 6.33. The molecule has 0 aliphatic carbocycles. The van der Waals surface area contributed by atoms with E-state index in [0.717, 1.165) is 52.2 Å². The van der Waals surface area contributed by atoms with E-state index >= 15 is 0 Å². The number of nitrogens with zero attached hydrogens (tertiary/aromatic N) is 2. The van der Waals surface area contributed by atoms with Crippen LogP contribution in [0.3, 0.4) is 0 Å². The molecular weight excluding hydrogens is 510 g/mol. The average Bonchev–Trinajstić information content (AvgIpc) is 2.99. The molecule has 0 saturated heterocycles. The fourth-order valence-corrected chi connectivity index (χ4v) is 4.44. The third-order valence-electron chi connectivity index (χ3n) is 6.77. The van der Waals surface area contributed by atoms with E-state index < -0.39 is 0 Å². The summed E-state index contributed by atoms with van der Waals surface area (Å²) in [4.78, 5) is 4.24. The van der Waals surface area contributed by atoms with Crippen LogP contribution < -0.4 is 31.3 Å². The summed E-state index contributed by atoms with van der Waals surface area (Å²) in [7, 11) is 9.87. The lowest BCUT2D eigenvalue weighted by molar-refractivity contribution is 0.269. The van der Waals surface area contributed by atoms with Crippen molar-refractivity contribution >= 4 is 35.7 Å². The Morgan fingerprint density at radius 2 is 0.854 bits per heavy atom. The Hall–Kier alpha value is -3.55. The average molecular weight is 550 g/mol. The van der Waals surface area contributed by atoms with E-state index in [2.05, 4.69) is 72.4 Å². The molecule has 0 aromatic heterocycles. The second-order valence-corrected chi connectivity index (χ2v) is 10.5. The molecule has 0 radical (unpaired) electrons. The van der Waals surface area contributed by atoms with Gasteiger partial charge in [-0.15, -0.1) is 0 Å². The molecule has 4 rings (SSSR count). The summed E-state index contributed by atoms with van der Waals surface area (Å²) in [6.07, 6.45) is 0. The largest absolute Gasteiger partial charge is 0.497 e. The molecule has 6 nitrogen and oxygen atoms in total. The first-order valence-corrected chi connectivity index (χ1v) is 14.0. The Balaban J connectivity index is 1.46. The minimum Gasteiger partial charge on any atom is -0.497 e. The van der Waals surface area contributed by atoms with Crippen LogP contribution in [0, 0.1) is 0 Å². The molecule has 0 aliphatic heterocycles. The Kier molecular flexibility index (Phi) is 11.5. The molecule has 41 heavy (non-hydrogen) atoms. The number of methoxy groups -OCH3 is 1. The molecule has 0 heterocycles. The van der Waals surface area contributed by atoms with Gasteiger partial charge in [0, 0.05) is 26.3 Å². The molecule has 0 fully saturated rings. The summed E-state index contributed by atoms with van der Waals surface area (Å²) < 4.78 is 24.2. The highest BCUT2D eigenvalue weighted by Crippen LogP contribution is 2.20. The van der Waals surface area contributed by atoms with Crippen LogP contribution in [0.25, 0.3) is 0 Å². The van der Waals surface area contributed by atoms with Crippen LogP contribution >= 0.6 is 0 Å². The molecular formula is C33H40B2N2O4. The maximum Gasteiger partial charge on any atom is 0.361 e. The molecule has 0 amide bonds. The zero-order valence-corrected chi connectivity index (χ0v) is 24.8. The second kappa shape index (κ2) is 15.5. The van der Waals surface area contributed by atoms with Gasteiger partial charge in [-0.25, -0.2) is 0 Å². The van der Waals surface area contributed by atoms with E-state index in [1.54, 1.807) is 7.11 Å². The lowest BCUT2D eigenvalue weighted by atomic mass is 9.55. The van der Waals surface area contributed by atoms with Gasteiger partial charge in [-0.2, -0.15) is 0 Å². The maximum atomic E-state index is 6.33. The third-order valence-corrected chi connectivity index (χ3v) is 6.77. The van der Waals surface area contributed by atoms with Crippen molar-refractivity contribution in [3.05, 3.63) is 103 Å². The Morgan fingerprint density at radius 3 is 1.22 bits per heavy atom. The van der Waals surface area contributed by atoms with E-state index in [4.69, 9.17) is 18.8 Å². The van der Waals surface area contributed by atoms with Gasteiger partial charge in [-0.1, -0.05) is 66.7 Å². The molecule has 0 atom stereocenters. The van der Waals surface area contributed by atoms with Gasteiger partial charge in [0.05, 0.1) is 7.11 Å². The smallest absolute Gasteiger partial charge is 0.361 e. The van der Waals surface area contributed by atoms with Crippen LogP contribution in [0.4, 0.5) is 0 Å². The highest BCUT2D eigenvalue weighted by atomic mass is 16.5. The Bertz CT molecular complexity index is 1300. The van der Waals surface area contributed by atoms with E-state index in [1.165, 1.54) is 0 Å². The zero-order chi connectivity index (χ0) is 29.0. The minimum atomic E-state index is -0.184. The minimum absolute atomic E-state index is 0.133. The molecule has 8 heteroatoms. The lowest BCUT2D eigenvalue weighted by Crippen LogP contribution is -2.46. The van der Waals surface area contributed by atoms with Crippen LogP contribution in [-0.2, 0) is 9.31 Å². The van der Waals surface area contributed by atoms with Crippen molar-refractivity contribution in [2.75, 3.05) is 61.6 Å². The summed E-state index contributed by atoms with van der Waals surface area (Å²) in [5, 5.41) is 0. The van der Waals surface area contributed by atoms with Crippen molar-refractivity contribution in [1.82, 2.24) is 9.80 Å². The molecule has 4 aromatic carbocycles. The molecule has 0 bridgehead atoms. The SMILES string of the molecule is COc1ccc(B(OCCN(C)C)c2ccc(Oc3ccc(B(OCCN(C)C)c4ccccc4)cc3)cc2)cc1. The van der Waals surface area contributed by atoms with E-state index in [9.17, 15) is 0 Å². The van der Waals surface area contributed by atoms with Gasteiger partial charge >= 0.3 is 13.8 Å². The number of benzene rings is 4. The fraction of sp³-hybridized carbons (Fsp3) is 0.273. The monoisotopic (exact) mass is 550 g/mol. The molecule has 212 valence electrons. The summed E-state index contributed by atoms with van der Waals surface area (Å²) >= 11 is 0. The van der Waals surface area contributed by atoms with Crippen molar-refractivity contribution in [2.24, 2.45) is 0 Å². The number of ether oxygens (including phenoxy) is 2. The lowest BCUT2D eigenvalue weighted by Gasteiger charge is -2.18. The van der Waals surface area contributed by atoms with Crippen LogP contribution in [-0.4, -0.2) is 85.2 Å². The van der Waals surface area contributed by atoms with Gasteiger partial charge in [0.15, 0.2) is 0 Å². The number of hydrogen-bond donors (Lipinski definition) is 0. The highest BCUT2D eigenvalue weighted by molar-refractivity contribution is 6.80. The normalized spacial score (nSPS) is 11.1. The van der Waals surface area contributed by atoms with E-state index in [0.29, 0.717) is 13.2 Å². The highest BCUT2D eigenvalue weighted by Gasteiger charge is 2.23. The molecule has 0 unspecified atom stereocenters. The summed E-state index contributed by atoms with van der Waals surface area (Å²) in [6.45, 7) is 2.66. The van der Waals surface area contributed by atoms with Crippen molar-refractivity contribution in [2.45, 2.75) is 0 Å². The zero-order valence-electron chi connectivity index (χ0n) is 24.8. The molecule has 0 spiro atoms. The van der Waals surface area contributed by atoms with Crippen LogP contribution in [0.2, 0.25) is 0 Å². The quantitative estimate of drug-likeness (QED) is 0.212. The number of likely N-dealkylation sites (N-methyl/N-ethyl adjacent to an activating group) is 2. The summed E-state index contributed by atoms with van der Waals surface area (Å²) in [5.41, 5.74) is 4.37. The molecule has 0 saturated carbocycles. The van der Waals surface area contributed by atoms with Crippen LogP contribution in [0.1, 0.15) is 0 Å². The predicted molar refractivity (Wildman–Crippen MR) is 171 cm³/mol. The number of rotatable bonds is 15. The van der Waals surface area contributed by atoms with Gasteiger partial charge in [-0.3, -0.25) is 0 Å². The van der Waals surface area contributed by atoms with Gasteiger partial charge in [0.1, 0.15) is 17.2 Å². The Morgan fingerprint density at radius 1 is 0.488 bits per heavy atom. The fourth-order valence-electron chi connectivity index (χ4n) is 4.44. The predicted octanol–water partition coefficient (Wildman–Crippen LogP) is 2.86. The van der Waals surface area contributed by atoms with Crippen molar-refractivity contribution < 1.29 is 18.8 Å². The molecule has 0 N–H and O–H groups in total. The first-order valence-electron chi connectivity index (χ1n) is 14.0. The van der Waals surface area contributed by atoms with Gasteiger partial charge in [0.2, 0.25) is 0 Å². The Labute approximate surface area is 246 Å². The topological polar surface area (TPSA) is 43.4 Å². The van der Waals surface area contributed by atoms with Crippen molar-refractivity contribution in [3.8, 4) is 17.2 Å². The van der Waals surface area contributed by atoms with Gasteiger partial charge in [-0.05, 0) is 86.4 Å². The van der Waals surface area contributed by atoms with Crippen molar-refractivity contribution in [1.29, 1.82) is 0 Å². The standard InChI is InChI=1S/C33H40B2N2O4/c1-36(2)23-25-39-34(27-9-7-6-8-10-27)29-13-19-32(20-14-29)41-33-21-15-30(16-22-33)35(40-26-24-37(3)4)28-11-17-31(38-5)18-12-28/h6-22H,23-26H2,1-5H3. The first-order chi connectivity index (χ1) is 19.9. The summed E-state index contributed by atoms with van der Waals surface area (Å²) in [6, 6.07) is 34.6. The van der Waals surface area contributed by atoms with E-state index in [-0.39, 0.29) is 13.8 Å². The van der Waals surface area contributed by atoms with E-state index in [1.807, 2.05) is 68.7 Å². The first kappa shape index (κ1) is 30.4. The second-order valence-electron chi connectivity index (χ2n) is 10.5. The van der Waals surface area contributed by atoms with Crippen LogP contribution in [0.5, 0.6) is 17.2 Å². The van der Waals surface area contributed by atoms with Crippen molar-refractivity contribution in [3.63, 3.8) is 0 Å². The summed E-state index contributed by atoms with van der Waals surface area (Å²) in [5.74, 6) is 2.37. The van der Waals surface area contributed by atoms with Gasteiger partial charge in [0.25, 0.3) is 0 Å². The molecule has 0 aliphatic rings. The third kappa shape index (κ3) is 9.23. The number of hydrogen-bond acceptors (Lipinski definition) is 6. The molecule has 4 aromatic rings. The van der Waals surface area contributed by atoms with Crippen LogP contribution in [0.15, 0.2) is 103 Å².